The monoisotopic (exact) mass is 368 g/mol. The third-order valence-electron chi connectivity index (χ3n) is 4.51. The molecule has 0 unspecified atom stereocenters. The van der Waals surface area contributed by atoms with Crippen LogP contribution in [0.2, 0.25) is 0 Å². The molecule has 2 amide bonds. The van der Waals surface area contributed by atoms with Crippen molar-refractivity contribution in [3.05, 3.63) is 59.7 Å². The lowest BCUT2D eigenvalue weighted by molar-refractivity contribution is -0.113. The van der Waals surface area contributed by atoms with Crippen molar-refractivity contribution in [1.82, 2.24) is 5.32 Å². The zero-order chi connectivity index (χ0) is 18.4. The van der Waals surface area contributed by atoms with E-state index in [1.54, 1.807) is 24.3 Å². The summed E-state index contributed by atoms with van der Waals surface area (Å²) in [5, 5.41) is 5.94. The molecule has 136 valence electrons. The van der Waals surface area contributed by atoms with Crippen LogP contribution in [0.1, 0.15) is 41.6 Å². The lowest BCUT2D eigenvalue weighted by Gasteiger charge is -2.12. The molecule has 4 nitrogen and oxygen atoms in total. The summed E-state index contributed by atoms with van der Waals surface area (Å²) in [5.41, 5.74) is 2.54. The van der Waals surface area contributed by atoms with E-state index in [1.807, 2.05) is 31.2 Å². The van der Waals surface area contributed by atoms with E-state index in [1.165, 1.54) is 30.2 Å². The molecule has 0 bridgehead atoms. The van der Waals surface area contributed by atoms with Gasteiger partial charge in [-0.15, -0.1) is 11.8 Å². The van der Waals surface area contributed by atoms with E-state index in [2.05, 4.69) is 10.6 Å². The SMILES string of the molecule is Cc1ccc(SCC(=O)Nc2ccc(C(=O)NC3CCCC3)cc2)cc1. The van der Waals surface area contributed by atoms with Crippen LogP contribution in [0.5, 0.6) is 0 Å². The molecule has 3 rings (SSSR count). The fourth-order valence-electron chi connectivity index (χ4n) is 3.02. The van der Waals surface area contributed by atoms with E-state index < -0.39 is 0 Å². The van der Waals surface area contributed by atoms with E-state index in [4.69, 9.17) is 0 Å². The van der Waals surface area contributed by atoms with Crippen molar-refractivity contribution in [2.24, 2.45) is 0 Å². The highest BCUT2D eigenvalue weighted by atomic mass is 32.2. The van der Waals surface area contributed by atoms with Gasteiger partial charge in [-0.25, -0.2) is 0 Å². The number of benzene rings is 2. The Bertz CT molecular complexity index is 751. The first kappa shape index (κ1) is 18.5. The van der Waals surface area contributed by atoms with Crippen molar-refractivity contribution in [2.75, 3.05) is 11.1 Å². The summed E-state index contributed by atoms with van der Waals surface area (Å²) in [5.74, 6) is 0.260. The maximum absolute atomic E-state index is 12.2. The number of nitrogens with one attached hydrogen (secondary N) is 2. The van der Waals surface area contributed by atoms with Crippen molar-refractivity contribution in [3.8, 4) is 0 Å². The molecule has 5 heteroatoms. The number of rotatable bonds is 6. The molecule has 2 aromatic carbocycles. The van der Waals surface area contributed by atoms with Crippen LogP contribution in [0.15, 0.2) is 53.4 Å². The standard InChI is InChI=1S/C21H24N2O2S/c1-15-6-12-19(13-7-15)26-14-20(24)22-18-10-8-16(9-11-18)21(25)23-17-4-2-3-5-17/h6-13,17H,2-5,14H2,1H3,(H,22,24)(H,23,25). The van der Waals surface area contributed by atoms with Crippen LogP contribution < -0.4 is 10.6 Å². The summed E-state index contributed by atoms with van der Waals surface area (Å²) in [6.45, 7) is 2.04. The Morgan fingerprint density at radius 1 is 1.00 bits per heavy atom. The number of hydrogen-bond donors (Lipinski definition) is 2. The predicted octanol–water partition coefficient (Wildman–Crippen LogP) is 4.40. The lowest BCUT2D eigenvalue weighted by atomic mass is 10.1. The Morgan fingerprint density at radius 3 is 2.31 bits per heavy atom. The van der Waals surface area contributed by atoms with Gasteiger partial charge >= 0.3 is 0 Å². The minimum atomic E-state index is -0.0567. The molecule has 1 fully saturated rings. The van der Waals surface area contributed by atoms with Crippen LogP contribution in [0.4, 0.5) is 5.69 Å². The van der Waals surface area contributed by atoms with E-state index >= 15 is 0 Å². The molecule has 2 aromatic rings. The first-order chi connectivity index (χ1) is 12.6. The van der Waals surface area contributed by atoms with Gasteiger partial charge in [0.2, 0.25) is 5.91 Å². The van der Waals surface area contributed by atoms with E-state index in [9.17, 15) is 9.59 Å². The van der Waals surface area contributed by atoms with Gasteiger partial charge in [0.05, 0.1) is 5.75 Å². The van der Waals surface area contributed by atoms with Gasteiger partial charge < -0.3 is 10.6 Å². The van der Waals surface area contributed by atoms with Crippen LogP contribution in [0, 0.1) is 6.92 Å². The van der Waals surface area contributed by atoms with Gasteiger partial charge in [0, 0.05) is 22.2 Å². The maximum atomic E-state index is 12.2. The normalized spacial score (nSPS) is 14.2. The Balaban J connectivity index is 1.47. The highest BCUT2D eigenvalue weighted by Gasteiger charge is 2.17. The molecule has 1 aliphatic carbocycles. The number of anilines is 1. The third kappa shape index (κ3) is 5.36. The molecule has 0 aliphatic heterocycles. The maximum Gasteiger partial charge on any atom is 0.251 e. The Hall–Kier alpha value is -2.27. The van der Waals surface area contributed by atoms with Crippen molar-refractivity contribution in [3.63, 3.8) is 0 Å². The number of amides is 2. The van der Waals surface area contributed by atoms with Crippen molar-refractivity contribution >= 4 is 29.3 Å². The van der Waals surface area contributed by atoms with Crippen LogP contribution in [-0.4, -0.2) is 23.6 Å². The largest absolute Gasteiger partial charge is 0.349 e. The average Bonchev–Trinajstić information content (AvgIpc) is 3.15. The van der Waals surface area contributed by atoms with Gasteiger partial charge in [-0.3, -0.25) is 9.59 Å². The lowest BCUT2D eigenvalue weighted by Crippen LogP contribution is -2.32. The van der Waals surface area contributed by atoms with E-state index in [0.717, 1.165) is 17.7 Å². The topological polar surface area (TPSA) is 58.2 Å². The summed E-state index contributed by atoms with van der Waals surface area (Å²) in [6.07, 6.45) is 4.52. The fourth-order valence-corrected chi connectivity index (χ4v) is 3.72. The highest BCUT2D eigenvalue weighted by molar-refractivity contribution is 8.00. The smallest absolute Gasteiger partial charge is 0.251 e. The van der Waals surface area contributed by atoms with Gasteiger partial charge in [0.15, 0.2) is 0 Å². The quantitative estimate of drug-likeness (QED) is 0.743. The first-order valence-electron chi connectivity index (χ1n) is 9.00. The Morgan fingerprint density at radius 2 is 1.65 bits per heavy atom. The highest BCUT2D eigenvalue weighted by Crippen LogP contribution is 2.20. The molecular weight excluding hydrogens is 344 g/mol. The van der Waals surface area contributed by atoms with Gasteiger partial charge in [0.1, 0.15) is 0 Å². The molecule has 0 saturated heterocycles. The van der Waals surface area contributed by atoms with Crippen LogP contribution >= 0.6 is 11.8 Å². The molecular formula is C21H24N2O2S. The Kier molecular flexibility index (Phi) is 6.34. The molecule has 0 radical (unpaired) electrons. The summed E-state index contributed by atoms with van der Waals surface area (Å²) < 4.78 is 0. The second kappa shape index (κ2) is 8.90. The second-order valence-corrected chi connectivity index (χ2v) is 7.73. The number of carbonyl (C=O) groups excluding carboxylic acids is 2. The molecule has 26 heavy (non-hydrogen) atoms. The molecule has 2 N–H and O–H groups in total. The van der Waals surface area contributed by atoms with Gasteiger partial charge in [-0.05, 0) is 56.2 Å². The third-order valence-corrected chi connectivity index (χ3v) is 5.52. The minimum absolute atomic E-state index is 0.0373. The molecule has 0 spiro atoms. The average molecular weight is 369 g/mol. The van der Waals surface area contributed by atoms with Gasteiger partial charge in [-0.1, -0.05) is 30.5 Å². The summed E-state index contributed by atoms with van der Waals surface area (Å²) in [6, 6.07) is 15.5. The summed E-state index contributed by atoms with van der Waals surface area (Å²) in [4.78, 5) is 25.4. The molecule has 1 aliphatic rings. The molecule has 1 saturated carbocycles. The second-order valence-electron chi connectivity index (χ2n) is 6.68. The van der Waals surface area contributed by atoms with Gasteiger partial charge in [-0.2, -0.15) is 0 Å². The van der Waals surface area contributed by atoms with Crippen molar-refractivity contribution < 1.29 is 9.59 Å². The number of aryl methyl sites for hydroxylation is 1. The zero-order valence-corrected chi connectivity index (χ0v) is 15.8. The van der Waals surface area contributed by atoms with Gasteiger partial charge in [0.25, 0.3) is 5.91 Å². The van der Waals surface area contributed by atoms with Crippen molar-refractivity contribution in [2.45, 2.75) is 43.5 Å². The van der Waals surface area contributed by atoms with Crippen LogP contribution in [-0.2, 0) is 4.79 Å². The van der Waals surface area contributed by atoms with Crippen LogP contribution in [0.3, 0.4) is 0 Å². The van der Waals surface area contributed by atoms with E-state index in [-0.39, 0.29) is 11.8 Å². The van der Waals surface area contributed by atoms with E-state index in [0.29, 0.717) is 23.0 Å². The zero-order valence-electron chi connectivity index (χ0n) is 15.0. The Labute approximate surface area is 158 Å². The fraction of sp³-hybridized carbons (Fsp3) is 0.333. The predicted molar refractivity (Wildman–Crippen MR) is 107 cm³/mol. The number of thioether (sulfide) groups is 1. The number of carbonyl (C=O) groups is 2. The molecule has 0 atom stereocenters. The summed E-state index contributed by atoms with van der Waals surface area (Å²) >= 11 is 1.51. The molecule has 0 heterocycles. The van der Waals surface area contributed by atoms with Crippen LogP contribution in [0.25, 0.3) is 0 Å². The van der Waals surface area contributed by atoms with Crippen molar-refractivity contribution in [1.29, 1.82) is 0 Å². The summed E-state index contributed by atoms with van der Waals surface area (Å²) in [7, 11) is 0. The number of hydrogen-bond acceptors (Lipinski definition) is 3. The molecule has 0 aromatic heterocycles. The minimum Gasteiger partial charge on any atom is -0.349 e. The first-order valence-corrected chi connectivity index (χ1v) is 9.99.